The highest BCUT2D eigenvalue weighted by Gasteiger charge is 2.18. The fraction of sp³-hybridized carbons (Fsp3) is 0.190. The van der Waals surface area contributed by atoms with Gasteiger partial charge in [-0.2, -0.15) is 0 Å². The van der Waals surface area contributed by atoms with E-state index in [0.717, 1.165) is 5.69 Å². The predicted octanol–water partition coefficient (Wildman–Crippen LogP) is 3.90. The maximum absolute atomic E-state index is 13.0. The highest BCUT2D eigenvalue weighted by Crippen LogP contribution is 2.30. The van der Waals surface area contributed by atoms with Gasteiger partial charge in [0.2, 0.25) is 5.95 Å². The molecule has 0 aliphatic carbocycles. The Morgan fingerprint density at radius 2 is 1.86 bits per heavy atom. The lowest BCUT2D eigenvalue weighted by Gasteiger charge is -2.20. The van der Waals surface area contributed by atoms with Crippen LogP contribution in [0.25, 0.3) is 0 Å². The molecule has 0 saturated carbocycles. The molecular formula is C21H22N4O3. The SMILES string of the molecule is CCN(C(=O)c1ccnc(Nc2ccc(OC)cc2OC)n1)c1ccccc1. The average molecular weight is 378 g/mol. The zero-order chi connectivity index (χ0) is 19.9. The van der Waals surface area contributed by atoms with Gasteiger partial charge in [0.15, 0.2) is 0 Å². The number of nitrogens with one attached hydrogen (secondary N) is 1. The molecule has 2 aromatic carbocycles. The van der Waals surface area contributed by atoms with Gasteiger partial charge in [0.25, 0.3) is 5.91 Å². The molecule has 0 unspecified atom stereocenters. The van der Waals surface area contributed by atoms with Crippen LogP contribution in [0.15, 0.2) is 60.8 Å². The van der Waals surface area contributed by atoms with E-state index in [4.69, 9.17) is 9.47 Å². The molecule has 0 radical (unpaired) electrons. The number of para-hydroxylation sites is 1. The number of anilines is 3. The van der Waals surface area contributed by atoms with E-state index in [2.05, 4.69) is 15.3 Å². The Labute approximate surface area is 164 Å². The van der Waals surface area contributed by atoms with Crippen molar-refractivity contribution < 1.29 is 14.3 Å². The summed E-state index contributed by atoms with van der Waals surface area (Å²) < 4.78 is 10.6. The van der Waals surface area contributed by atoms with Gasteiger partial charge in [-0.3, -0.25) is 4.79 Å². The van der Waals surface area contributed by atoms with Gasteiger partial charge in [0, 0.05) is 24.5 Å². The summed E-state index contributed by atoms with van der Waals surface area (Å²) in [6.07, 6.45) is 1.55. The van der Waals surface area contributed by atoms with Crippen LogP contribution < -0.4 is 19.7 Å². The molecule has 0 atom stereocenters. The molecule has 1 aromatic heterocycles. The van der Waals surface area contributed by atoms with Crippen LogP contribution in [0.2, 0.25) is 0 Å². The second-order valence-electron chi connectivity index (χ2n) is 5.84. The van der Waals surface area contributed by atoms with Crippen molar-refractivity contribution >= 4 is 23.2 Å². The fourth-order valence-electron chi connectivity index (χ4n) is 2.75. The van der Waals surface area contributed by atoms with Crippen LogP contribution in [0.1, 0.15) is 17.4 Å². The van der Waals surface area contributed by atoms with E-state index in [1.807, 2.05) is 37.3 Å². The number of nitrogens with zero attached hydrogens (tertiary/aromatic N) is 3. The van der Waals surface area contributed by atoms with Crippen molar-refractivity contribution in [1.82, 2.24) is 9.97 Å². The quantitative estimate of drug-likeness (QED) is 0.672. The molecule has 7 nitrogen and oxygen atoms in total. The first-order valence-electron chi connectivity index (χ1n) is 8.85. The Hall–Kier alpha value is -3.61. The summed E-state index contributed by atoms with van der Waals surface area (Å²) in [7, 11) is 3.16. The van der Waals surface area contributed by atoms with E-state index in [1.165, 1.54) is 0 Å². The Morgan fingerprint density at radius 1 is 1.07 bits per heavy atom. The second-order valence-corrected chi connectivity index (χ2v) is 5.84. The minimum absolute atomic E-state index is 0.194. The first kappa shape index (κ1) is 19.2. The van der Waals surface area contributed by atoms with Crippen molar-refractivity contribution in [3.8, 4) is 11.5 Å². The van der Waals surface area contributed by atoms with Crippen LogP contribution in [-0.2, 0) is 0 Å². The van der Waals surface area contributed by atoms with E-state index in [0.29, 0.717) is 35.4 Å². The van der Waals surface area contributed by atoms with Gasteiger partial charge < -0.3 is 19.7 Å². The molecular weight excluding hydrogens is 356 g/mol. The molecule has 0 bridgehead atoms. The predicted molar refractivity (Wildman–Crippen MR) is 109 cm³/mol. The lowest BCUT2D eigenvalue weighted by molar-refractivity contribution is 0.0983. The van der Waals surface area contributed by atoms with Crippen LogP contribution >= 0.6 is 0 Å². The summed E-state index contributed by atoms with van der Waals surface area (Å²) in [5, 5.41) is 3.09. The molecule has 0 saturated heterocycles. The molecule has 0 fully saturated rings. The van der Waals surface area contributed by atoms with Crippen LogP contribution in [-0.4, -0.2) is 36.6 Å². The summed E-state index contributed by atoms with van der Waals surface area (Å²) in [4.78, 5) is 23.2. The van der Waals surface area contributed by atoms with Gasteiger partial charge in [0.1, 0.15) is 17.2 Å². The van der Waals surface area contributed by atoms with Gasteiger partial charge in [0.05, 0.1) is 19.9 Å². The Balaban J connectivity index is 1.85. The highest BCUT2D eigenvalue weighted by molar-refractivity contribution is 6.04. The number of amides is 1. The van der Waals surface area contributed by atoms with Crippen molar-refractivity contribution in [2.24, 2.45) is 0 Å². The topological polar surface area (TPSA) is 76.6 Å². The van der Waals surface area contributed by atoms with Gasteiger partial charge in [-0.1, -0.05) is 18.2 Å². The van der Waals surface area contributed by atoms with Crippen LogP contribution in [0, 0.1) is 0 Å². The van der Waals surface area contributed by atoms with Crippen molar-refractivity contribution in [3.05, 3.63) is 66.5 Å². The number of ether oxygens (including phenoxy) is 2. The molecule has 0 spiro atoms. The van der Waals surface area contributed by atoms with E-state index < -0.39 is 0 Å². The number of rotatable bonds is 7. The van der Waals surface area contributed by atoms with E-state index >= 15 is 0 Å². The number of hydrogen-bond acceptors (Lipinski definition) is 6. The maximum atomic E-state index is 13.0. The Bertz CT molecular complexity index is 947. The lowest BCUT2D eigenvalue weighted by atomic mass is 10.2. The number of aromatic nitrogens is 2. The van der Waals surface area contributed by atoms with Crippen molar-refractivity contribution in [3.63, 3.8) is 0 Å². The molecule has 1 N–H and O–H groups in total. The highest BCUT2D eigenvalue weighted by atomic mass is 16.5. The Kier molecular flexibility index (Phi) is 6.06. The molecule has 3 rings (SSSR count). The molecule has 0 aliphatic heterocycles. The minimum Gasteiger partial charge on any atom is -0.497 e. The standard InChI is InChI=1S/C21H22N4O3/c1-4-25(15-8-6-5-7-9-15)20(26)18-12-13-22-21(24-18)23-17-11-10-16(27-2)14-19(17)28-3/h5-14H,4H2,1-3H3,(H,22,23,24). The third-order valence-corrected chi connectivity index (χ3v) is 4.16. The molecule has 1 amide bonds. The Morgan fingerprint density at radius 3 is 2.54 bits per heavy atom. The molecule has 1 heterocycles. The smallest absolute Gasteiger partial charge is 0.277 e. The molecule has 0 aliphatic rings. The third-order valence-electron chi connectivity index (χ3n) is 4.16. The number of benzene rings is 2. The third kappa shape index (κ3) is 4.20. The lowest BCUT2D eigenvalue weighted by Crippen LogP contribution is -2.31. The molecule has 3 aromatic rings. The van der Waals surface area contributed by atoms with Gasteiger partial charge in [-0.05, 0) is 37.3 Å². The summed E-state index contributed by atoms with van der Waals surface area (Å²) in [5.41, 5.74) is 1.79. The van der Waals surface area contributed by atoms with Crippen molar-refractivity contribution in [1.29, 1.82) is 0 Å². The van der Waals surface area contributed by atoms with E-state index in [-0.39, 0.29) is 5.91 Å². The van der Waals surface area contributed by atoms with Crippen molar-refractivity contribution in [2.75, 3.05) is 31.0 Å². The average Bonchev–Trinajstić information content (AvgIpc) is 2.75. The van der Waals surface area contributed by atoms with Gasteiger partial charge in [-0.15, -0.1) is 0 Å². The normalized spacial score (nSPS) is 10.2. The van der Waals surface area contributed by atoms with E-state index in [1.54, 1.807) is 49.6 Å². The summed E-state index contributed by atoms with van der Waals surface area (Å²) >= 11 is 0. The van der Waals surface area contributed by atoms with Gasteiger partial charge in [-0.25, -0.2) is 9.97 Å². The largest absolute Gasteiger partial charge is 0.497 e. The fourth-order valence-corrected chi connectivity index (χ4v) is 2.75. The molecule has 7 heteroatoms. The zero-order valence-electron chi connectivity index (χ0n) is 16.0. The number of carbonyl (C=O) groups is 1. The summed E-state index contributed by atoms with van der Waals surface area (Å²) in [5.74, 6) is 1.37. The number of hydrogen-bond donors (Lipinski definition) is 1. The molecule has 144 valence electrons. The minimum atomic E-state index is -0.194. The summed E-state index contributed by atoms with van der Waals surface area (Å²) in [6.45, 7) is 2.45. The van der Waals surface area contributed by atoms with Crippen LogP contribution in [0.4, 0.5) is 17.3 Å². The van der Waals surface area contributed by atoms with E-state index in [9.17, 15) is 4.79 Å². The van der Waals surface area contributed by atoms with Crippen LogP contribution in [0.3, 0.4) is 0 Å². The zero-order valence-corrected chi connectivity index (χ0v) is 16.0. The molecule has 28 heavy (non-hydrogen) atoms. The first-order chi connectivity index (χ1) is 13.7. The first-order valence-corrected chi connectivity index (χ1v) is 8.85. The van der Waals surface area contributed by atoms with Crippen LogP contribution in [0.5, 0.6) is 11.5 Å². The number of carbonyl (C=O) groups excluding carboxylic acids is 1. The number of methoxy groups -OCH3 is 2. The van der Waals surface area contributed by atoms with Gasteiger partial charge >= 0.3 is 0 Å². The van der Waals surface area contributed by atoms with Crippen molar-refractivity contribution in [2.45, 2.75) is 6.92 Å². The monoisotopic (exact) mass is 378 g/mol. The second kappa shape index (κ2) is 8.85. The summed E-state index contributed by atoms with van der Waals surface area (Å²) in [6, 6.07) is 16.5. The maximum Gasteiger partial charge on any atom is 0.277 e.